The normalized spacial score (nSPS) is 21.1. The van der Waals surface area contributed by atoms with Gasteiger partial charge in [0.1, 0.15) is 0 Å². The van der Waals surface area contributed by atoms with Crippen LogP contribution in [0.4, 0.5) is 0 Å². The van der Waals surface area contributed by atoms with Gasteiger partial charge in [-0.3, -0.25) is 0 Å². The molecule has 0 aromatic heterocycles. The van der Waals surface area contributed by atoms with Crippen LogP contribution in [0.25, 0.3) is 0 Å². The van der Waals surface area contributed by atoms with Crippen molar-refractivity contribution in [1.29, 1.82) is 0 Å². The van der Waals surface area contributed by atoms with Crippen LogP contribution in [0.1, 0.15) is 38.5 Å². The minimum atomic E-state index is 0. The first-order valence-electron chi connectivity index (χ1n) is 4.71. The monoisotopic (exact) mass is 189 g/mol. The third-order valence-corrected chi connectivity index (χ3v) is 2.63. The Hall–Kier alpha value is -0.0100. The fraction of sp³-hybridized carbons (Fsp3) is 0.800. The van der Waals surface area contributed by atoms with Crippen LogP contribution in [0.5, 0.6) is 0 Å². The minimum Gasteiger partial charge on any atom is -0.324 e. The molecular formula is C10H20ClN. The molecule has 0 unspecified atom stereocenters. The molecule has 0 saturated heterocycles. The summed E-state index contributed by atoms with van der Waals surface area (Å²) in [7, 11) is 0. The van der Waals surface area contributed by atoms with Gasteiger partial charge in [0, 0.05) is 6.04 Å². The lowest BCUT2D eigenvalue weighted by Gasteiger charge is -2.22. The quantitative estimate of drug-likeness (QED) is 0.679. The first-order chi connectivity index (χ1) is 5.33. The van der Waals surface area contributed by atoms with Crippen molar-refractivity contribution in [3.8, 4) is 0 Å². The van der Waals surface area contributed by atoms with Crippen molar-refractivity contribution in [1.82, 2.24) is 0 Å². The molecule has 1 aliphatic carbocycles. The van der Waals surface area contributed by atoms with Gasteiger partial charge in [0.05, 0.1) is 0 Å². The molecule has 0 aromatic rings. The lowest BCUT2D eigenvalue weighted by atomic mass is 9.85. The van der Waals surface area contributed by atoms with E-state index in [0.29, 0.717) is 0 Å². The Morgan fingerprint density at radius 1 is 1.33 bits per heavy atom. The number of halogens is 1. The highest BCUT2D eigenvalue weighted by atomic mass is 35.5. The standard InChI is InChI=1S/C10H19N.ClH/c1-2-10(11)8-9-6-4-3-5-7-9;/h2,9-10H,1,3-8,11H2;1H/t10-;/m1./s1. The summed E-state index contributed by atoms with van der Waals surface area (Å²) >= 11 is 0. The molecule has 0 amide bonds. The average Bonchev–Trinajstić information content (AvgIpc) is 2.06. The van der Waals surface area contributed by atoms with Crippen LogP contribution in [0.2, 0.25) is 0 Å². The first-order valence-corrected chi connectivity index (χ1v) is 4.71. The van der Waals surface area contributed by atoms with Crippen LogP contribution >= 0.6 is 12.4 Å². The van der Waals surface area contributed by atoms with Gasteiger partial charge < -0.3 is 5.73 Å². The zero-order valence-electron chi connectivity index (χ0n) is 7.67. The van der Waals surface area contributed by atoms with Gasteiger partial charge >= 0.3 is 0 Å². The zero-order chi connectivity index (χ0) is 8.10. The smallest absolute Gasteiger partial charge is 0.0223 e. The fourth-order valence-electron chi connectivity index (χ4n) is 1.90. The van der Waals surface area contributed by atoms with Crippen LogP contribution in [-0.4, -0.2) is 6.04 Å². The van der Waals surface area contributed by atoms with Gasteiger partial charge in [0.15, 0.2) is 0 Å². The second-order valence-electron chi connectivity index (χ2n) is 3.64. The molecule has 0 bridgehead atoms. The molecule has 0 spiro atoms. The zero-order valence-corrected chi connectivity index (χ0v) is 8.48. The van der Waals surface area contributed by atoms with E-state index in [1.54, 1.807) is 0 Å². The molecule has 1 aliphatic rings. The number of rotatable bonds is 3. The van der Waals surface area contributed by atoms with Crippen LogP contribution in [0.15, 0.2) is 12.7 Å². The number of hydrogen-bond donors (Lipinski definition) is 1. The Morgan fingerprint density at radius 2 is 1.92 bits per heavy atom. The van der Waals surface area contributed by atoms with Crippen LogP contribution in [0, 0.1) is 5.92 Å². The van der Waals surface area contributed by atoms with Crippen molar-refractivity contribution < 1.29 is 0 Å². The Balaban J connectivity index is 0.00000121. The molecule has 0 aromatic carbocycles. The summed E-state index contributed by atoms with van der Waals surface area (Å²) < 4.78 is 0. The van der Waals surface area contributed by atoms with E-state index in [-0.39, 0.29) is 18.4 Å². The van der Waals surface area contributed by atoms with Crippen molar-refractivity contribution in [3.05, 3.63) is 12.7 Å². The lowest BCUT2D eigenvalue weighted by Crippen LogP contribution is -2.22. The summed E-state index contributed by atoms with van der Waals surface area (Å²) in [5.41, 5.74) is 5.79. The minimum absolute atomic E-state index is 0. The molecule has 1 rings (SSSR count). The van der Waals surface area contributed by atoms with Crippen LogP contribution < -0.4 is 5.73 Å². The predicted octanol–water partition coefficient (Wildman–Crippen LogP) is 2.89. The molecule has 1 saturated carbocycles. The molecule has 12 heavy (non-hydrogen) atoms. The SMILES string of the molecule is C=C[C@@H](N)CC1CCCCC1.Cl. The molecule has 2 heteroatoms. The highest BCUT2D eigenvalue weighted by Gasteiger charge is 2.14. The van der Waals surface area contributed by atoms with Gasteiger partial charge in [0.25, 0.3) is 0 Å². The van der Waals surface area contributed by atoms with Crippen molar-refractivity contribution in [2.45, 2.75) is 44.6 Å². The Morgan fingerprint density at radius 3 is 2.42 bits per heavy atom. The summed E-state index contributed by atoms with van der Waals surface area (Å²) in [5.74, 6) is 0.886. The van der Waals surface area contributed by atoms with Gasteiger partial charge in [-0.15, -0.1) is 19.0 Å². The second-order valence-corrected chi connectivity index (χ2v) is 3.64. The highest BCUT2D eigenvalue weighted by Crippen LogP contribution is 2.26. The highest BCUT2D eigenvalue weighted by molar-refractivity contribution is 5.85. The van der Waals surface area contributed by atoms with E-state index < -0.39 is 0 Å². The third kappa shape index (κ3) is 4.13. The summed E-state index contributed by atoms with van der Waals surface area (Å²) in [6, 6.07) is 0.234. The molecule has 72 valence electrons. The lowest BCUT2D eigenvalue weighted by molar-refractivity contribution is 0.330. The summed E-state index contributed by atoms with van der Waals surface area (Å²) in [5, 5.41) is 0. The molecule has 0 aliphatic heterocycles. The molecular weight excluding hydrogens is 170 g/mol. The van der Waals surface area contributed by atoms with Crippen LogP contribution in [-0.2, 0) is 0 Å². The van der Waals surface area contributed by atoms with Crippen LogP contribution in [0.3, 0.4) is 0 Å². The van der Waals surface area contributed by atoms with E-state index in [9.17, 15) is 0 Å². The Labute approximate surface area is 81.8 Å². The molecule has 1 nitrogen and oxygen atoms in total. The molecule has 0 radical (unpaired) electrons. The maximum absolute atomic E-state index is 5.79. The van der Waals surface area contributed by atoms with Gasteiger partial charge in [-0.2, -0.15) is 0 Å². The van der Waals surface area contributed by atoms with Gasteiger partial charge in [0.2, 0.25) is 0 Å². The molecule has 1 atom stereocenters. The molecule has 0 heterocycles. The van der Waals surface area contributed by atoms with Crippen molar-refractivity contribution >= 4 is 12.4 Å². The molecule has 2 N–H and O–H groups in total. The van der Waals surface area contributed by atoms with Gasteiger partial charge in [-0.05, 0) is 12.3 Å². The molecule has 1 fully saturated rings. The van der Waals surface area contributed by atoms with E-state index in [1.165, 1.54) is 32.1 Å². The van der Waals surface area contributed by atoms with Crippen molar-refractivity contribution in [3.63, 3.8) is 0 Å². The van der Waals surface area contributed by atoms with Gasteiger partial charge in [-0.25, -0.2) is 0 Å². The maximum Gasteiger partial charge on any atom is 0.0223 e. The number of hydrogen-bond acceptors (Lipinski definition) is 1. The number of nitrogens with two attached hydrogens (primary N) is 1. The first kappa shape index (κ1) is 12.0. The van der Waals surface area contributed by atoms with E-state index in [0.717, 1.165) is 12.3 Å². The summed E-state index contributed by atoms with van der Waals surface area (Å²) in [6.07, 6.45) is 10.1. The van der Waals surface area contributed by atoms with Crippen molar-refractivity contribution in [2.75, 3.05) is 0 Å². The second kappa shape index (κ2) is 6.50. The van der Waals surface area contributed by atoms with E-state index in [1.807, 2.05) is 6.08 Å². The average molecular weight is 190 g/mol. The third-order valence-electron chi connectivity index (χ3n) is 2.63. The van der Waals surface area contributed by atoms with E-state index in [2.05, 4.69) is 6.58 Å². The Bertz CT molecular complexity index is 119. The summed E-state index contributed by atoms with van der Waals surface area (Å²) in [6.45, 7) is 3.70. The fourth-order valence-corrected chi connectivity index (χ4v) is 1.90. The van der Waals surface area contributed by atoms with E-state index >= 15 is 0 Å². The van der Waals surface area contributed by atoms with E-state index in [4.69, 9.17) is 5.73 Å². The predicted molar refractivity (Wildman–Crippen MR) is 56.6 cm³/mol. The maximum atomic E-state index is 5.79. The van der Waals surface area contributed by atoms with Gasteiger partial charge in [-0.1, -0.05) is 38.2 Å². The largest absolute Gasteiger partial charge is 0.324 e. The Kier molecular flexibility index (Phi) is 6.49. The topological polar surface area (TPSA) is 26.0 Å². The van der Waals surface area contributed by atoms with Crippen molar-refractivity contribution in [2.24, 2.45) is 11.7 Å². The summed E-state index contributed by atoms with van der Waals surface area (Å²) in [4.78, 5) is 0.